The normalized spacial score (nSPS) is 14.7. The summed E-state index contributed by atoms with van der Waals surface area (Å²) in [5.74, 6) is 0.0262. The van der Waals surface area contributed by atoms with Crippen LogP contribution in [-0.2, 0) is 6.61 Å². The number of carboxylic acids is 1. The molecule has 0 spiro atoms. The van der Waals surface area contributed by atoms with Gasteiger partial charge in [0.25, 0.3) is 0 Å². The van der Waals surface area contributed by atoms with Gasteiger partial charge >= 0.3 is 5.97 Å². The SMILES string of the molecule is O=C(O)c1ccc2c(c1)/C(=C\CCl)c1cc(Br)ccc1CO2. The highest BCUT2D eigenvalue weighted by atomic mass is 79.9. The van der Waals surface area contributed by atoms with Crippen LogP contribution in [0.5, 0.6) is 5.75 Å². The zero-order valence-corrected chi connectivity index (χ0v) is 13.8. The third-order valence-corrected chi connectivity index (χ3v) is 4.19. The van der Waals surface area contributed by atoms with Crippen LogP contribution in [0.3, 0.4) is 0 Å². The number of carboxylic acid groups (broad SMARTS) is 1. The third-order valence-electron chi connectivity index (χ3n) is 3.54. The summed E-state index contributed by atoms with van der Waals surface area (Å²) in [5.41, 5.74) is 3.89. The molecule has 0 radical (unpaired) electrons. The van der Waals surface area contributed by atoms with Gasteiger partial charge in [0.1, 0.15) is 12.4 Å². The second-order valence-corrected chi connectivity index (χ2v) is 6.10. The molecule has 0 unspecified atom stereocenters. The van der Waals surface area contributed by atoms with Gasteiger partial charge in [-0.15, -0.1) is 11.6 Å². The molecule has 3 nitrogen and oxygen atoms in total. The molecule has 2 aromatic rings. The Morgan fingerprint density at radius 1 is 1.27 bits per heavy atom. The van der Waals surface area contributed by atoms with Gasteiger partial charge in [0.2, 0.25) is 0 Å². The van der Waals surface area contributed by atoms with Crippen LogP contribution in [0.25, 0.3) is 5.57 Å². The molecule has 2 aromatic carbocycles. The maximum absolute atomic E-state index is 11.2. The van der Waals surface area contributed by atoms with Crippen LogP contribution in [0.15, 0.2) is 46.9 Å². The second-order valence-electron chi connectivity index (χ2n) is 4.88. The molecule has 0 saturated heterocycles. The number of rotatable bonds is 2. The molecule has 5 heteroatoms. The first kappa shape index (κ1) is 15.1. The van der Waals surface area contributed by atoms with Crippen molar-refractivity contribution in [1.82, 2.24) is 0 Å². The summed E-state index contributed by atoms with van der Waals surface area (Å²) >= 11 is 9.40. The second kappa shape index (κ2) is 6.15. The predicted octanol–water partition coefficient (Wildman–Crippen LogP) is 4.71. The van der Waals surface area contributed by atoms with Crippen LogP contribution in [0.2, 0.25) is 0 Å². The minimum absolute atomic E-state index is 0.223. The van der Waals surface area contributed by atoms with E-state index in [1.807, 2.05) is 24.3 Å². The summed E-state index contributed by atoms with van der Waals surface area (Å²) in [5, 5.41) is 9.22. The summed E-state index contributed by atoms with van der Waals surface area (Å²) in [4.78, 5) is 11.2. The topological polar surface area (TPSA) is 46.5 Å². The molecule has 112 valence electrons. The molecule has 0 amide bonds. The minimum atomic E-state index is -0.966. The average Bonchev–Trinajstić information content (AvgIpc) is 2.65. The summed E-state index contributed by atoms with van der Waals surface area (Å²) in [6, 6.07) is 10.8. The number of fused-ring (bicyclic) bond motifs is 2. The Morgan fingerprint density at radius 3 is 2.82 bits per heavy atom. The van der Waals surface area contributed by atoms with Crippen LogP contribution in [0.4, 0.5) is 0 Å². The summed E-state index contributed by atoms with van der Waals surface area (Å²) in [6.45, 7) is 0.432. The van der Waals surface area contributed by atoms with Gasteiger partial charge in [0.05, 0.1) is 5.56 Å². The maximum atomic E-state index is 11.2. The average molecular weight is 380 g/mol. The molecule has 3 rings (SSSR count). The molecule has 1 N–H and O–H groups in total. The fourth-order valence-electron chi connectivity index (χ4n) is 2.52. The highest BCUT2D eigenvalue weighted by molar-refractivity contribution is 9.10. The molecule has 0 saturated carbocycles. The Labute approximate surface area is 141 Å². The Morgan fingerprint density at radius 2 is 2.09 bits per heavy atom. The van der Waals surface area contributed by atoms with E-state index in [1.54, 1.807) is 18.2 Å². The number of alkyl halides is 1. The van der Waals surface area contributed by atoms with E-state index in [-0.39, 0.29) is 5.56 Å². The van der Waals surface area contributed by atoms with Crippen molar-refractivity contribution in [3.63, 3.8) is 0 Å². The van der Waals surface area contributed by atoms with Crippen molar-refractivity contribution in [2.24, 2.45) is 0 Å². The zero-order chi connectivity index (χ0) is 15.7. The van der Waals surface area contributed by atoms with E-state index in [0.717, 1.165) is 26.7 Å². The first-order valence-electron chi connectivity index (χ1n) is 6.65. The smallest absolute Gasteiger partial charge is 0.335 e. The number of benzene rings is 2. The number of allylic oxidation sites excluding steroid dienone is 1. The van der Waals surface area contributed by atoms with Crippen molar-refractivity contribution < 1.29 is 14.6 Å². The van der Waals surface area contributed by atoms with Crippen LogP contribution >= 0.6 is 27.5 Å². The molecular weight excluding hydrogens is 368 g/mol. The number of hydrogen-bond acceptors (Lipinski definition) is 2. The molecule has 0 bridgehead atoms. The van der Waals surface area contributed by atoms with E-state index < -0.39 is 5.97 Å². The number of halogens is 2. The van der Waals surface area contributed by atoms with Gasteiger partial charge in [-0.3, -0.25) is 0 Å². The van der Waals surface area contributed by atoms with Gasteiger partial charge in [0, 0.05) is 15.9 Å². The Bertz CT molecular complexity index is 783. The van der Waals surface area contributed by atoms with Crippen LogP contribution in [0, 0.1) is 0 Å². The van der Waals surface area contributed by atoms with E-state index in [0.29, 0.717) is 18.2 Å². The lowest BCUT2D eigenvalue weighted by atomic mass is 9.93. The first-order chi connectivity index (χ1) is 10.6. The van der Waals surface area contributed by atoms with E-state index in [1.165, 1.54) is 0 Å². The molecule has 0 atom stereocenters. The highest BCUT2D eigenvalue weighted by Crippen LogP contribution is 2.38. The van der Waals surface area contributed by atoms with Crippen LogP contribution < -0.4 is 4.74 Å². The van der Waals surface area contributed by atoms with E-state index >= 15 is 0 Å². The monoisotopic (exact) mass is 378 g/mol. The highest BCUT2D eigenvalue weighted by Gasteiger charge is 2.20. The Hall–Kier alpha value is -1.78. The fraction of sp³-hybridized carbons (Fsp3) is 0.118. The molecule has 0 aromatic heterocycles. The molecule has 1 heterocycles. The molecule has 1 aliphatic rings. The third kappa shape index (κ3) is 2.76. The van der Waals surface area contributed by atoms with Crippen molar-refractivity contribution >= 4 is 39.1 Å². The van der Waals surface area contributed by atoms with E-state index in [2.05, 4.69) is 15.9 Å². The van der Waals surface area contributed by atoms with Gasteiger partial charge in [-0.2, -0.15) is 0 Å². The van der Waals surface area contributed by atoms with E-state index in [4.69, 9.17) is 16.3 Å². The van der Waals surface area contributed by atoms with Gasteiger partial charge in [-0.25, -0.2) is 4.79 Å². The standard InChI is InChI=1S/C17H12BrClO3/c18-12-3-1-11-9-22-16-4-2-10(17(20)21)7-15(16)13(5-6-19)14(11)8-12/h1-5,7-8H,6,9H2,(H,20,21)/b13-5-. The summed E-state index contributed by atoms with van der Waals surface area (Å²) in [6.07, 6.45) is 1.88. The molecule has 1 aliphatic heterocycles. The van der Waals surface area contributed by atoms with Gasteiger partial charge in [-0.1, -0.05) is 28.1 Å². The van der Waals surface area contributed by atoms with Crippen molar-refractivity contribution in [2.75, 3.05) is 5.88 Å². The minimum Gasteiger partial charge on any atom is -0.488 e. The van der Waals surface area contributed by atoms with Gasteiger partial charge in [-0.05, 0) is 47.0 Å². The molecule has 0 aliphatic carbocycles. The lowest BCUT2D eigenvalue weighted by molar-refractivity contribution is 0.0697. The van der Waals surface area contributed by atoms with Gasteiger partial charge in [0.15, 0.2) is 0 Å². The summed E-state index contributed by atoms with van der Waals surface area (Å²) < 4.78 is 6.78. The predicted molar refractivity (Wildman–Crippen MR) is 89.7 cm³/mol. The van der Waals surface area contributed by atoms with Crippen molar-refractivity contribution in [2.45, 2.75) is 6.61 Å². The number of ether oxygens (including phenoxy) is 1. The Balaban J connectivity index is 2.26. The molecule has 22 heavy (non-hydrogen) atoms. The lowest BCUT2D eigenvalue weighted by Gasteiger charge is -2.11. The summed E-state index contributed by atoms with van der Waals surface area (Å²) in [7, 11) is 0. The fourth-order valence-corrected chi connectivity index (χ4v) is 3.04. The number of hydrogen-bond donors (Lipinski definition) is 1. The lowest BCUT2D eigenvalue weighted by Crippen LogP contribution is -1.99. The van der Waals surface area contributed by atoms with Crippen molar-refractivity contribution in [3.8, 4) is 5.75 Å². The quantitative estimate of drug-likeness (QED) is 0.769. The molecule has 0 fully saturated rings. The van der Waals surface area contributed by atoms with Gasteiger partial charge < -0.3 is 9.84 Å². The number of aromatic carboxylic acids is 1. The zero-order valence-electron chi connectivity index (χ0n) is 11.5. The van der Waals surface area contributed by atoms with Crippen LogP contribution in [0.1, 0.15) is 27.0 Å². The maximum Gasteiger partial charge on any atom is 0.335 e. The first-order valence-corrected chi connectivity index (χ1v) is 7.98. The molecular formula is C17H12BrClO3. The van der Waals surface area contributed by atoms with Crippen LogP contribution in [-0.4, -0.2) is 17.0 Å². The van der Waals surface area contributed by atoms with E-state index in [9.17, 15) is 9.90 Å². The number of carbonyl (C=O) groups is 1. The van der Waals surface area contributed by atoms with Crippen molar-refractivity contribution in [1.29, 1.82) is 0 Å². The Kier molecular flexibility index (Phi) is 4.23. The van der Waals surface area contributed by atoms with Crippen molar-refractivity contribution in [3.05, 3.63) is 69.2 Å². The largest absolute Gasteiger partial charge is 0.488 e.